The average molecular weight is 368 g/mol. The normalized spacial score (nSPS) is 17.9. The maximum atomic E-state index is 12.3. The van der Waals surface area contributed by atoms with Crippen LogP contribution in [0.15, 0.2) is 54.6 Å². The van der Waals surface area contributed by atoms with Crippen molar-refractivity contribution >= 4 is 17.3 Å². The van der Waals surface area contributed by atoms with Gasteiger partial charge in [-0.15, -0.1) is 0 Å². The van der Waals surface area contributed by atoms with Crippen molar-refractivity contribution < 1.29 is 14.3 Å². The number of carbonyl (C=O) groups excluding carboxylic acids is 1. The predicted molar refractivity (Wildman–Crippen MR) is 108 cm³/mol. The summed E-state index contributed by atoms with van der Waals surface area (Å²) in [7, 11) is 0. The summed E-state index contributed by atoms with van der Waals surface area (Å²) >= 11 is 0. The molecule has 0 spiro atoms. The molecule has 1 aliphatic heterocycles. The molecule has 2 aromatic carbocycles. The Morgan fingerprint density at radius 1 is 1.15 bits per heavy atom. The van der Waals surface area contributed by atoms with Crippen LogP contribution < -0.4 is 10.6 Å². The second-order valence-electron chi connectivity index (χ2n) is 6.93. The van der Waals surface area contributed by atoms with Crippen molar-refractivity contribution in [2.45, 2.75) is 44.9 Å². The molecule has 2 aromatic rings. The average Bonchev–Trinajstić information content (AvgIpc) is 2.70. The minimum absolute atomic E-state index is 0.0719. The molecule has 1 amide bonds. The minimum atomic E-state index is -0.350. The highest BCUT2D eigenvalue weighted by molar-refractivity contribution is 5.96. The van der Waals surface area contributed by atoms with Crippen LogP contribution >= 0.6 is 0 Å². The van der Waals surface area contributed by atoms with E-state index in [1.807, 2.05) is 61.5 Å². The smallest absolute Gasteiger partial charge is 0.246 e. The lowest BCUT2D eigenvalue weighted by Gasteiger charge is -2.22. The van der Waals surface area contributed by atoms with Crippen LogP contribution in [0.3, 0.4) is 0 Å². The van der Waals surface area contributed by atoms with E-state index in [1.54, 1.807) is 0 Å². The maximum Gasteiger partial charge on any atom is 0.246 e. The van der Waals surface area contributed by atoms with Crippen LogP contribution in [0, 0.1) is 0 Å². The summed E-state index contributed by atoms with van der Waals surface area (Å²) in [5.74, 6) is -0.0719. The van der Waals surface area contributed by atoms with Crippen LogP contribution in [0.4, 0.5) is 11.4 Å². The Balaban J connectivity index is 1.46. The standard InChI is InChI=1S/C22H28N2O3/c1-17(22(25)24-19-9-3-2-4-10-19)23-20-11-7-8-18(14-20)15-26-16-21-12-5-6-13-27-21/h2-4,7-11,14,17,21,23H,5-6,12-13,15-16H2,1H3,(H,24,25). The van der Waals surface area contributed by atoms with Crippen molar-refractivity contribution in [3.05, 3.63) is 60.2 Å². The van der Waals surface area contributed by atoms with Gasteiger partial charge in [-0.25, -0.2) is 0 Å². The van der Waals surface area contributed by atoms with Crippen molar-refractivity contribution in [1.82, 2.24) is 0 Å². The fourth-order valence-electron chi connectivity index (χ4n) is 3.09. The molecule has 0 aliphatic carbocycles. The summed E-state index contributed by atoms with van der Waals surface area (Å²) in [6.07, 6.45) is 3.67. The van der Waals surface area contributed by atoms with E-state index in [1.165, 1.54) is 6.42 Å². The van der Waals surface area contributed by atoms with Crippen molar-refractivity contribution in [3.63, 3.8) is 0 Å². The van der Waals surface area contributed by atoms with Crippen molar-refractivity contribution in [3.8, 4) is 0 Å². The first-order chi connectivity index (χ1) is 13.2. The summed E-state index contributed by atoms with van der Waals surface area (Å²) in [6.45, 7) is 3.87. The lowest BCUT2D eigenvalue weighted by Crippen LogP contribution is -2.31. The Morgan fingerprint density at radius 2 is 1.96 bits per heavy atom. The number of hydrogen-bond donors (Lipinski definition) is 2. The molecule has 5 nitrogen and oxygen atoms in total. The van der Waals surface area contributed by atoms with E-state index < -0.39 is 0 Å². The molecule has 2 unspecified atom stereocenters. The third kappa shape index (κ3) is 6.38. The number of ether oxygens (including phenoxy) is 2. The van der Waals surface area contributed by atoms with E-state index >= 15 is 0 Å². The van der Waals surface area contributed by atoms with Gasteiger partial charge < -0.3 is 20.1 Å². The molecular weight excluding hydrogens is 340 g/mol. The first-order valence-electron chi connectivity index (χ1n) is 9.61. The van der Waals surface area contributed by atoms with Crippen LogP contribution in [0.25, 0.3) is 0 Å². The van der Waals surface area contributed by atoms with Gasteiger partial charge in [0.15, 0.2) is 0 Å². The molecule has 0 radical (unpaired) electrons. The fraction of sp³-hybridized carbons (Fsp3) is 0.409. The second kappa shape index (κ2) is 10.1. The van der Waals surface area contributed by atoms with Crippen LogP contribution in [0.2, 0.25) is 0 Å². The van der Waals surface area contributed by atoms with Crippen LogP contribution in [0.1, 0.15) is 31.7 Å². The second-order valence-corrected chi connectivity index (χ2v) is 6.93. The number of nitrogens with one attached hydrogen (secondary N) is 2. The first kappa shape index (κ1) is 19.4. The van der Waals surface area contributed by atoms with E-state index in [-0.39, 0.29) is 18.1 Å². The Labute approximate surface area is 161 Å². The minimum Gasteiger partial charge on any atom is -0.376 e. The topological polar surface area (TPSA) is 59.6 Å². The molecule has 2 N–H and O–H groups in total. The summed E-state index contributed by atoms with van der Waals surface area (Å²) in [6, 6.07) is 17.1. The molecule has 1 aliphatic rings. The zero-order chi connectivity index (χ0) is 18.9. The van der Waals surface area contributed by atoms with Gasteiger partial charge in [0.1, 0.15) is 6.04 Å². The third-order valence-electron chi connectivity index (χ3n) is 4.59. The van der Waals surface area contributed by atoms with E-state index in [9.17, 15) is 4.79 Å². The predicted octanol–water partition coefficient (Wildman–Crippen LogP) is 4.21. The molecule has 27 heavy (non-hydrogen) atoms. The summed E-state index contributed by atoms with van der Waals surface area (Å²) in [5.41, 5.74) is 2.77. The third-order valence-corrected chi connectivity index (χ3v) is 4.59. The monoisotopic (exact) mass is 368 g/mol. The zero-order valence-electron chi connectivity index (χ0n) is 15.8. The van der Waals surface area contributed by atoms with Crippen molar-refractivity contribution in [2.75, 3.05) is 23.8 Å². The van der Waals surface area contributed by atoms with E-state index in [0.29, 0.717) is 13.2 Å². The molecular formula is C22H28N2O3. The van der Waals surface area contributed by atoms with Gasteiger partial charge in [0.05, 0.1) is 19.3 Å². The summed E-state index contributed by atoms with van der Waals surface area (Å²) in [4.78, 5) is 12.3. The van der Waals surface area contributed by atoms with Gasteiger partial charge in [-0.2, -0.15) is 0 Å². The number of rotatable bonds is 8. The molecule has 2 atom stereocenters. The van der Waals surface area contributed by atoms with Gasteiger partial charge >= 0.3 is 0 Å². The van der Waals surface area contributed by atoms with Crippen LogP contribution in [-0.2, 0) is 20.9 Å². The fourth-order valence-corrected chi connectivity index (χ4v) is 3.09. The first-order valence-corrected chi connectivity index (χ1v) is 9.61. The van der Waals surface area contributed by atoms with E-state index in [2.05, 4.69) is 10.6 Å². The number of carbonyl (C=O) groups is 1. The number of hydrogen-bond acceptors (Lipinski definition) is 4. The van der Waals surface area contributed by atoms with E-state index in [0.717, 1.165) is 36.4 Å². The quantitative estimate of drug-likeness (QED) is 0.733. The molecule has 3 rings (SSSR count). The SMILES string of the molecule is CC(Nc1cccc(COCC2CCCCO2)c1)C(=O)Nc1ccccc1. The highest BCUT2D eigenvalue weighted by atomic mass is 16.5. The largest absolute Gasteiger partial charge is 0.376 e. The Morgan fingerprint density at radius 3 is 2.74 bits per heavy atom. The van der Waals surface area contributed by atoms with Gasteiger partial charge in [0, 0.05) is 18.0 Å². The number of benzene rings is 2. The van der Waals surface area contributed by atoms with E-state index in [4.69, 9.17) is 9.47 Å². The van der Waals surface area contributed by atoms with Crippen molar-refractivity contribution in [2.24, 2.45) is 0 Å². The molecule has 5 heteroatoms. The molecule has 0 bridgehead atoms. The lowest BCUT2D eigenvalue weighted by atomic mass is 10.1. The van der Waals surface area contributed by atoms with Gasteiger partial charge in [-0.3, -0.25) is 4.79 Å². The molecule has 0 saturated carbocycles. The number of anilines is 2. The zero-order valence-corrected chi connectivity index (χ0v) is 15.8. The summed E-state index contributed by atoms with van der Waals surface area (Å²) < 4.78 is 11.5. The van der Waals surface area contributed by atoms with Gasteiger partial charge in [0.2, 0.25) is 5.91 Å². The Hall–Kier alpha value is -2.37. The molecule has 1 saturated heterocycles. The highest BCUT2D eigenvalue weighted by Crippen LogP contribution is 2.16. The van der Waals surface area contributed by atoms with Crippen molar-refractivity contribution in [1.29, 1.82) is 0 Å². The Bertz CT molecular complexity index is 715. The molecule has 0 aromatic heterocycles. The van der Waals surface area contributed by atoms with Crippen LogP contribution in [-0.4, -0.2) is 31.3 Å². The molecule has 1 fully saturated rings. The van der Waals surface area contributed by atoms with Gasteiger partial charge in [-0.05, 0) is 56.0 Å². The Kier molecular flexibility index (Phi) is 7.25. The lowest BCUT2D eigenvalue weighted by molar-refractivity contribution is -0.116. The summed E-state index contributed by atoms with van der Waals surface area (Å²) in [5, 5.41) is 6.16. The molecule has 1 heterocycles. The number of amides is 1. The highest BCUT2D eigenvalue weighted by Gasteiger charge is 2.14. The van der Waals surface area contributed by atoms with Gasteiger partial charge in [0.25, 0.3) is 0 Å². The number of para-hydroxylation sites is 1. The maximum absolute atomic E-state index is 12.3. The van der Waals surface area contributed by atoms with Gasteiger partial charge in [-0.1, -0.05) is 30.3 Å². The van der Waals surface area contributed by atoms with Crippen LogP contribution in [0.5, 0.6) is 0 Å². The molecule has 144 valence electrons.